The maximum atomic E-state index is 11.3. The molecular weight excluding hydrogens is 240 g/mol. The smallest absolute Gasteiger partial charge is 0.226 e. The van der Waals surface area contributed by atoms with Crippen LogP contribution in [0.5, 0.6) is 0 Å². The first kappa shape index (κ1) is 12.9. The van der Waals surface area contributed by atoms with Gasteiger partial charge in [0.05, 0.1) is 0 Å². The van der Waals surface area contributed by atoms with Gasteiger partial charge in [0.25, 0.3) is 0 Å². The van der Waals surface area contributed by atoms with E-state index in [2.05, 4.69) is 4.72 Å². The minimum Gasteiger partial charge on any atom is -0.324 e. The number of nitrogens with one attached hydrogen (secondary N) is 1. The highest BCUT2D eigenvalue weighted by molar-refractivity contribution is 8.06. The summed E-state index contributed by atoms with van der Waals surface area (Å²) in [6.07, 6.45) is 3.42. The number of sulfone groups is 1. The first-order valence-electron chi connectivity index (χ1n) is 4.56. The Labute approximate surface area is 90.2 Å². The van der Waals surface area contributed by atoms with Gasteiger partial charge in [-0.15, -0.1) is 0 Å². The van der Waals surface area contributed by atoms with Gasteiger partial charge in [0.15, 0.2) is 14.9 Å². The zero-order chi connectivity index (χ0) is 11.7. The van der Waals surface area contributed by atoms with Crippen LogP contribution >= 0.6 is 0 Å². The van der Waals surface area contributed by atoms with Crippen molar-refractivity contribution in [2.75, 3.05) is 17.9 Å². The van der Waals surface area contributed by atoms with Crippen molar-refractivity contribution in [1.82, 2.24) is 4.72 Å². The number of sulfonamides is 1. The van der Waals surface area contributed by atoms with Gasteiger partial charge in [-0.3, -0.25) is 0 Å². The van der Waals surface area contributed by atoms with E-state index in [0.717, 1.165) is 25.5 Å². The van der Waals surface area contributed by atoms with Gasteiger partial charge in [0.2, 0.25) is 10.0 Å². The molecule has 0 radical (unpaired) electrons. The van der Waals surface area contributed by atoms with Crippen LogP contribution in [0.1, 0.15) is 19.3 Å². The maximum Gasteiger partial charge on any atom is 0.226 e. The Morgan fingerprint density at radius 1 is 1.27 bits per heavy atom. The molecule has 1 saturated carbocycles. The molecule has 0 amide bonds. The quantitative estimate of drug-likeness (QED) is 0.642. The molecule has 0 aromatic heterocycles. The Bertz CT molecular complexity index is 422. The van der Waals surface area contributed by atoms with Crippen LogP contribution in [0.3, 0.4) is 0 Å². The molecule has 0 aliphatic heterocycles. The molecule has 0 heterocycles. The molecule has 1 aliphatic rings. The van der Waals surface area contributed by atoms with Crippen LogP contribution in [0, 0.1) is 0 Å². The Hall–Kier alpha value is -0.180. The highest BCUT2D eigenvalue weighted by atomic mass is 32.3. The monoisotopic (exact) mass is 256 g/mol. The Kier molecular flexibility index (Phi) is 3.44. The summed E-state index contributed by atoms with van der Waals surface area (Å²) in [5.74, 6) is 0. The molecule has 3 N–H and O–H groups in total. The van der Waals surface area contributed by atoms with Crippen LogP contribution in [0.25, 0.3) is 0 Å². The van der Waals surface area contributed by atoms with Gasteiger partial charge in [-0.25, -0.2) is 21.6 Å². The molecule has 0 bridgehead atoms. The van der Waals surface area contributed by atoms with Gasteiger partial charge in [-0.05, 0) is 19.3 Å². The van der Waals surface area contributed by atoms with Gasteiger partial charge in [0, 0.05) is 18.3 Å². The van der Waals surface area contributed by atoms with E-state index in [0.29, 0.717) is 0 Å². The highest BCUT2D eigenvalue weighted by Crippen LogP contribution is 2.28. The number of hydrogen-bond donors (Lipinski definition) is 2. The molecule has 0 aromatic carbocycles. The molecule has 0 spiro atoms. The van der Waals surface area contributed by atoms with E-state index in [9.17, 15) is 16.8 Å². The summed E-state index contributed by atoms with van der Waals surface area (Å²) in [6, 6.07) is 0. The van der Waals surface area contributed by atoms with Gasteiger partial charge >= 0.3 is 0 Å². The largest absolute Gasteiger partial charge is 0.324 e. The highest BCUT2D eigenvalue weighted by Gasteiger charge is 2.33. The fraction of sp³-hybridized carbons (Fsp3) is 1.00. The summed E-state index contributed by atoms with van der Waals surface area (Å²) in [4.78, 5) is 0. The van der Waals surface area contributed by atoms with Gasteiger partial charge < -0.3 is 5.73 Å². The van der Waals surface area contributed by atoms with Crippen molar-refractivity contribution in [2.45, 2.75) is 24.8 Å². The third kappa shape index (κ3) is 4.45. The zero-order valence-electron chi connectivity index (χ0n) is 8.56. The predicted molar refractivity (Wildman–Crippen MR) is 57.4 cm³/mol. The van der Waals surface area contributed by atoms with Gasteiger partial charge in [-0.1, -0.05) is 0 Å². The molecule has 0 saturated heterocycles. The van der Waals surface area contributed by atoms with Crippen LogP contribution in [0.4, 0.5) is 0 Å². The average molecular weight is 256 g/mol. The minimum atomic E-state index is -3.77. The Morgan fingerprint density at radius 3 is 2.13 bits per heavy atom. The summed E-state index contributed by atoms with van der Waals surface area (Å²) in [7, 11) is -7.30. The second-order valence-electron chi connectivity index (χ2n) is 4.20. The lowest BCUT2D eigenvalue weighted by Crippen LogP contribution is -2.55. The van der Waals surface area contributed by atoms with E-state index in [1.807, 2.05) is 0 Å². The van der Waals surface area contributed by atoms with Crippen molar-refractivity contribution < 1.29 is 16.8 Å². The van der Waals surface area contributed by atoms with Crippen LogP contribution in [-0.2, 0) is 19.9 Å². The van der Waals surface area contributed by atoms with Crippen molar-refractivity contribution in [2.24, 2.45) is 5.73 Å². The summed E-state index contributed by atoms with van der Waals surface area (Å²) in [5.41, 5.74) is 5.32. The van der Waals surface area contributed by atoms with Crippen molar-refractivity contribution in [3.8, 4) is 0 Å². The van der Waals surface area contributed by atoms with Crippen LogP contribution in [0.2, 0.25) is 0 Å². The lowest BCUT2D eigenvalue weighted by molar-refractivity contribution is 0.251. The fourth-order valence-electron chi connectivity index (χ4n) is 1.38. The average Bonchev–Trinajstić information content (AvgIpc) is 1.92. The van der Waals surface area contributed by atoms with Crippen molar-refractivity contribution in [1.29, 1.82) is 0 Å². The van der Waals surface area contributed by atoms with Crippen LogP contribution < -0.4 is 10.5 Å². The van der Waals surface area contributed by atoms with Crippen molar-refractivity contribution in [3.63, 3.8) is 0 Å². The minimum absolute atomic E-state index is 0.116. The predicted octanol–water partition coefficient (Wildman–Crippen LogP) is -1.21. The van der Waals surface area contributed by atoms with E-state index in [-0.39, 0.29) is 6.54 Å². The lowest BCUT2D eigenvalue weighted by atomic mass is 9.78. The Balaban J connectivity index is 2.50. The van der Waals surface area contributed by atoms with E-state index in [4.69, 9.17) is 5.73 Å². The first-order valence-corrected chi connectivity index (χ1v) is 8.27. The van der Waals surface area contributed by atoms with E-state index >= 15 is 0 Å². The number of rotatable bonds is 5. The molecule has 1 aliphatic carbocycles. The molecule has 6 nitrogen and oxygen atoms in total. The van der Waals surface area contributed by atoms with Crippen molar-refractivity contribution >= 4 is 19.9 Å². The Morgan fingerprint density at radius 2 is 1.80 bits per heavy atom. The summed E-state index contributed by atoms with van der Waals surface area (Å²) in [5, 5.41) is -0.879. The molecule has 0 atom stereocenters. The molecular formula is C7H16N2O4S2. The molecule has 90 valence electrons. The number of hydrogen-bond acceptors (Lipinski definition) is 5. The topological polar surface area (TPSA) is 106 Å². The standard InChI is InChI=1S/C7H16N2O4S2/c1-14(10,11)6-15(12,13)9-5-7(8)3-2-4-7/h9H,2-6,8H2,1H3. The summed E-state index contributed by atoms with van der Waals surface area (Å²) >= 11 is 0. The molecule has 15 heavy (non-hydrogen) atoms. The van der Waals surface area contributed by atoms with E-state index in [1.165, 1.54) is 0 Å². The number of nitrogens with two attached hydrogens (primary N) is 1. The third-order valence-electron chi connectivity index (χ3n) is 2.36. The van der Waals surface area contributed by atoms with Gasteiger partial charge in [-0.2, -0.15) is 0 Å². The van der Waals surface area contributed by atoms with Crippen molar-refractivity contribution in [3.05, 3.63) is 0 Å². The zero-order valence-corrected chi connectivity index (χ0v) is 10.2. The normalized spacial score (nSPS) is 20.9. The summed E-state index contributed by atoms with van der Waals surface area (Å²) in [6.45, 7) is 0.116. The second-order valence-corrected chi connectivity index (χ2v) is 8.51. The molecule has 8 heteroatoms. The second kappa shape index (κ2) is 4.00. The van der Waals surface area contributed by atoms with Crippen LogP contribution in [-0.4, -0.2) is 40.3 Å². The molecule has 1 fully saturated rings. The first-order chi connectivity index (χ1) is 6.62. The molecule has 0 aromatic rings. The SMILES string of the molecule is CS(=O)(=O)CS(=O)(=O)NCC1(N)CCC1. The lowest BCUT2D eigenvalue weighted by Gasteiger charge is -2.37. The van der Waals surface area contributed by atoms with E-state index in [1.54, 1.807) is 0 Å². The molecule has 0 unspecified atom stereocenters. The molecule has 1 rings (SSSR count). The van der Waals surface area contributed by atoms with Crippen LogP contribution in [0.15, 0.2) is 0 Å². The van der Waals surface area contributed by atoms with Gasteiger partial charge in [0.1, 0.15) is 0 Å². The fourth-order valence-corrected chi connectivity index (χ4v) is 4.48. The summed E-state index contributed by atoms with van der Waals surface area (Å²) < 4.78 is 46.4. The van der Waals surface area contributed by atoms with E-state index < -0.39 is 30.5 Å². The third-order valence-corrected chi connectivity index (χ3v) is 5.90. The maximum absolute atomic E-state index is 11.3.